The average Bonchev–Trinajstić information content (AvgIpc) is 2.30. The highest BCUT2D eigenvalue weighted by molar-refractivity contribution is 5.72. The number of ether oxygens (including phenoxy) is 1. The lowest BCUT2D eigenvalue weighted by Crippen LogP contribution is -2.43. The summed E-state index contributed by atoms with van der Waals surface area (Å²) in [5, 5.41) is 8.66. The first-order valence-electron chi connectivity index (χ1n) is 5.96. The molecular weight excluding hydrogens is 204 g/mol. The van der Waals surface area contributed by atoms with Crippen molar-refractivity contribution in [3.8, 4) is 6.07 Å². The molecule has 1 aliphatic rings. The van der Waals surface area contributed by atoms with Gasteiger partial charge in [-0.05, 0) is 33.2 Å². The van der Waals surface area contributed by atoms with Crippen LogP contribution in [0, 0.1) is 17.2 Å². The van der Waals surface area contributed by atoms with Gasteiger partial charge in [-0.15, -0.1) is 0 Å². The van der Waals surface area contributed by atoms with E-state index in [9.17, 15) is 4.79 Å². The Morgan fingerprint density at radius 2 is 2.44 bits per heavy atom. The SMILES string of the molecule is CCOC(=O)C1CCCN(C(C)CC#N)C1. The molecule has 0 amide bonds. The Balaban J connectivity index is 2.47. The second-order valence-corrected chi connectivity index (χ2v) is 4.30. The predicted octanol–water partition coefficient (Wildman–Crippen LogP) is 1.56. The first-order chi connectivity index (χ1) is 7.69. The van der Waals surface area contributed by atoms with Gasteiger partial charge in [0.15, 0.2) is 0 Å². The third-order valence-electron chi connectivity index (χ3n) is 3.08. The summed E-state index contributed by atoms with van der Waals surface area (Å²) in [7, 11) is 0. The zero-order chi connectivity index (χ0) is 12.0. The number of rotatable bonds is 4. The fourth-order valence-electron chi connectivity index (χ4n) is 2.12. The Morgan fingerprint density at radius 3 is 3.06 bits per heavy atom. The Bertz CT molecular complexity index is 273. The lowest BCUT2D eigenvalue weighted by Gasteiger charge is -2.34. The summed E-state index contributed by atoms with van der Waals surface area (Å²) >= 11 is 0. The summed E-state index contributed by atoms with van der Waals surface area (Å²) in [6.45, 7) is 6.04. The number of hydrogen-bond donors (Lipinski definition) is 0. The molecule has 0 N–H and O–H groups in total. The van der Waals surface area contributed by atoms with Gasteiger partial charge < -0.3 is 4.74 Å². The van der Waals surface area contributed by atoms with Crippen molar-refractivity contribution in [2.24, 2.45) is 5.92 Å². The molecule has 1 heterocycles. The van der Waals surface area contributed by atoms with Crippen molar-refractivity contribution in [1.29, 1.82) is 5.26 Å². The van der Waals surface area contributed by atoms with Gasteiger partial charge >= 0.3 is 5.97 Å². The Morgan fingerprint density at radius 1 is 1.69 bits per heavy atom. The molecule has 0 radical (unpaired) electrons. The van der Waals surface area contributed by atoms with E-state index in [0.717, 1.165) is 25.9 Å². The largest absolute Gasteiger partial charge is 0.466 e. The van der Waals surface area contributed by atoms with Gasteiger partial charge in [-0.1, -0.05) is 0 Å². The summed E-state index contributed by atoms with van der Waals surface area (Å²) in [4.78, 5) is 13.8. The van der Waals surface area contributed by atoms with Crippen LogP contribution in [0.1, 0.15) is 33.1 Å². The van der Waals surface area contributed by atoms with E-state index < -0.39 is 0 Å². The molecular formula is C12H20N2O2. The molecule has 2 atom stereocenters. The Labute approximate surface area is 97.2 Å². The predicted molar refractivity (Wildman–Crippen MR) is 60.6 cm³/mol. The molecule has 0 aromatic heterocycles. The monoisotopic (exact) mass is 224 g/mol. The second kappa shape index (κ2) is 6.49. The topological polar surface area (TPSA) is 53.3 Å². The normalized spacial score (nSPS) is 23.4. The first-order valence-corrected chi connectivity index (χ1v) is 5.96. The van der Waals surface area contributed by atoms with Crippen LogP contribution < -0.4 is 0 Å². The number of likely N-dealkylation sites (tertiary alicyclic amines) is 1. The van der Waals surface area contributed by atoms with Crippen LogP contribution in [0.15, 0.2) is 0 Å². The van der Waals surface area contributed by atoms with Crippen LogP contribution in [-0.2, 0) is 9.53 Å². The van der Waals surface area contributed by atoms with E-state index in [1.54, 1.807) is 0 Å². The fraction of sp³-hybridized carbons (Fsp3) is 0.833. The van der Waals surface area contributed by atoms with Crippen LogP contribution in [0.25, 0.3) is 0 Å². The number of nitriles is 1. The van der Waals surface area contributed by atoms with Gasteiger partial charge in [0.05, 0.1) is 25.0 Å². The Kier molecular flexibility index (Phi) is 5.27. The van der Waals surface area contributed by atoms with E-state index in [-0.39, 0.29) is 17.9 Å². The van der Waals surface area contributed by atoms with E-state index in [2.05, 4.69) is 11.0 Å². The van der Waals surface area contributed by atoms with E-state index >= 15 is 0 Å². The number of hydrogen-bond acceptors (Lipinski definition) is 4. The molecule has 0 saturated carbocycles. The van der Waals surface area contributed by atoms with E-state index in [4.69, 9.17) is 10.00 Å². The highest BCUT2D eigenvalue weighted by atomic mass is 16.5. The molecule has 1 fully saturated rings. The number of carbonyl (C=O) groups excluding carboxylic acids is 1. The third kappa shape index (κ3) is 3.49. The van der Waals surface area contributed by atoms with Crippen molar-refractivity contribution in [2.45, 2.75) is 39.2 Å². The minimum Gasteiger partial charge on any atom is -0.466 e. The van der Waals surface area contributed by atoms with E-state index in [1.165, 1.54) is 0 Å². The highest BCUT2D eigenvalue weighted by Crippen LogP contribution is 2.20. The lowest BCUT2D eigenvalue weighted by molar-refractivity contribution is -0.150. The molecule has 90 valence electrons. The summed E-state index contributed by atoms with van der Waals surface area (Å²) in [5.41, 5.74) is 0. The van der Waals surface area contributed by atoms with Crippen molar-refractivity contribution in [2.75, 3.05) is 19.7 Å². The quantitative estimate of drug-likeness (QED) is 0.680. The molecule has 0 aromatic carbocycles. The van der Waals surface area contributed by atoms with Crippen LogP contribution in [0.4, 0.5) is 0 Å². The maximum atomic E-state index is 11.6. The third-order valence-corrected chi connectivity index (χ3v) is 3.08. The molecule has 1 rings (SSSR count). The fourth-order valence-corrected chi connectivity index (χ4v) is 2.12. The molecule has 0 spiro atoms. The van der Waals surface area contributed by atoms with Crippen molar-refractivity contribution >= 4 is 5.97 Å². The van der Waals surface area contributed by atoms with Crippen LogP contribution >= 0.6 is 0 Å². The summed E-state index contributed by atoms with van der Waals surface area (Å²) in [6, 6.07) is 2.41. The second-order valence-electron chi connectivity index (χ2n) is 4.30. The zero-order valence-corrected chi connectivity index (χ0v) is 10.1. The standard InChI is InChI=1S/C12H20N2O2/c1-3-16-12(15)11-5-4-8-14(9-11)10(2)6-7-13/h10-11H,3-6,8-9H2,1-2H3. The first kappa shape index (κ1) is 13.0. The number of piperidine rings is 1. The summed E-state index contributed by atoms with van der Waals surface area (Å²) < 4.78 is 5.04. The molecule has 0 aromatic rings. The molecule has 0 bridgehead atoms. The molecule has 16 heavy (non-hydrogen) atoms. The van der Waals surface area contributed by atoms with Crippen LogP contribution in [0.5, 0.6) is 0 Å². The van der Waals surface area contributed by atoms with E-state index in [0.29, 0.717) is 13.0 Å². The van der Waals surface area contributed by atoms with Crippen LogP contribution in [0.3, 0.4) is 0 Å². The maximum absolute atomic E-state index is 11.6. The summed E-state index contributed by atoms with van der Waals surface area (Å²) in [6.07, 6.45) is 2.45. The van der Waals surface area contributed by atoms with Crippen LogP contribution in [0.2, 0.25) is 0 Å². The van der Waals surface area contributed by atoms with Crippen molar-refractivity contribution in [1.82, 2.24) is 4.90 Å². The zero-order valence-electron chi connectivity index (χ0n) is 10.1. The lowest BCUT2D eigenvalue weighted by atomic mass is 9.96. The van der Waals surface area contributed by atoms with Crippen molar-refractivity contribution < 1.29 is 9.53 Å². The van der Waals surface area contributed by atoms with Gasteiger partial charge in [-0.3, -0.25) is 9.69 Å². The van der Waals surface area contributed by atoms with E-state index in [1.807, 2.05) is 13.8 Å². The number of carbonyl (C=O) groups is 1. The van der Waals surface area contributed by atoms with Gasteiger partial charge in [-0.2, -0.15) is 5.26 Å². The smallest absolute Gasteiger partial charge is 0.310 e. The maximum Gasteiger partial charge on any atom is 0.310 e. The minimum atomic E-state index is -0.0867. The summed E-state index contributed by atoms with van der Waals surface area (Å²) in [5.74, 6) is -0.0915. The number of esters is 1. The van der Waals surface area contributed by atoms with Gasteiger partial charge in [-0.25, -0.2) is 0 Å². The Hall–Kier alpha value is -1.08. The van der Waals surface area contributed by atoms with Gasteiger partial charge in [0.25, 0.3) is 0 Å². The highest BCUT2D eigenvalue weighted by Gasteiger charge is 2.28. The molecule has 2 unspecified atom stereocenters. The molecule has 0 aliphatic carbocycles. The van der Waals surface area contributed by atoms with Gasteiger partial charge in [0.2, 0.25) is 0 Å². The minimum absolute atomic E-state index is 0.00478. The average molecular weight is 224 g/mol. The molecule has 4 heteroatoms. The van der Waals surface area contributed by atoms with Crippen molar-refractivity contribution in [3.05, 3.63) is 0 Å². The van der Waals surface area contributed by atoms with Crippen LogP contribution in [-0.4, -0.2) is 36.6 Å². The number of nitrogens with zero attached hydrogens (tertiary/aromatic N) is 2. The molecule has 4 nitrogen and oxygen atoms in total. The molecule has 1 saturated heterocycles. The molecule has 1 aliphatic heterocycles. The van der Waals surface area contributed by atoms with Crippen molar-refractivity contribution in [3.63, 3.8) is 0 Å². The van der Waals surface area contributed by atoms with Gasteiger partial charge in [0.1, 0.15) is 0 Å². The van der Waals surface area contributed by atoms with Gasteiger partial charge in [0, 0.05) is 12.6 Å².